The van der Waals surface area contributed by atoms with E-state index < -0.39 is 5.60 Å². The van der Waals surface area contributed by atoms with Crippen LogP contribution in [0.25, 0.3) is 0 Å². The Hall–Kier alpha value is -1.09. The minimum Gasteiger partial charge on any atom is -0.395 e. The zero-order chi connectivity index (χ0) is 26.5. The monoisotopic (exact) mass is 523 g/mol. The van der Waals surface area contributed by atoms with Crippen LogP contribution in [0.3, 0.4) is 0 Å². The topological polar surface area (TPSA) is 118 Å². The number of aliphatic hydroxyl groups excluding tert-OH is 3. The number of nitrogens with zero attached hydrogens (tertiary/aromatic N) is 1. The molecule has 202 valence electrons. The van der Waals surface area contributed by atoms with E-state index in [0.29, 0.717) is 37.9 Å². The van der Waals surface area contributed by atoms with Crippen molar-refractivity contribution in [2.45, 2.75) is 58.5 Å². The highest BCUT2D eigenvalue weighted by Crippen LogP contribution is 2.72. The van der Waals surface area contributed by atoms with Gasteiger partial charge in [-0.05, 0) is 74.3 Å². The Kier molecular flexibility index (Phi) is 7.94. The van der Waals surface area contributed by atoms with Crippen molar-refractivity contribution in [1.82, 2.24) is 4.90 Å². The van der Waals surface area contributed by atoms with Crippen molar-refractivity contribution < 1.29 is 30.0 Å². The summed E-state index contributed by atoms with van der Waals surface area (Å²) >= 11 is 6.73. The van der Waals surface area contributed by atoms with E-state index in [1.165, 1.54) is 6.92 Å². The van der Waals surface area contributed by atoms with Crippen molar-refractivity contribution in [3.8, 4) is 0 Å². The Labute approximate surface area is 219 Å². The Balaban J connectivity index is 0.000000261. The first-order valence-corrected chi connectivity index (χ1v) is 13.8. The molecule has 0 aromatic heterocycles. The van der Waals surface area contributed by atoms with Crippen molar-refractivity contribution >= 4 is 23.2 Å². The molecule has 0 bridgehead atoms. The van der Waals surface area contributed by atoms with E-state index in [4.69, 9.17) is 26.9 Å². The molecular weight excluding hydrogens is 482 g/mol. The largest absolute Gasteiger partial charge is 0.395 e. The van der Waals surface area contributed by atoms with Crippen molar-refractivity contribution in [3.63, 3.8) is 0 Å². The van der Waals surface area contributed by atoms with E-state index >= 15 is 0 Å². The minimum absolute atomic E-state index is 0.0344. The summed E-state index contributed by atoms with van der Waals surface area (Å²) in [6.45, 7) is 7.72. The van der Waals surface area contributed by atoms with Crippen molar-refractivity contribution in [3.05, 3.63) is 22.8 Å². The first-order chi connectivity index (χ1) is 17.0. The van der Waals surface area contributed by atoms with Gasteiger partial charge in [0.25, 0.3) is 0 Å². The molecule has 0 spiro atoms. The van der Waals surface area contributed by atoms with Gasteiger partial charge in [-0.25, -0.2) is 0 Å². The predicted octanol–water partition coefficient (Wildman–Crippen LogP) is 2.30. The van der Waals surface area contributed by atoms with Gasteiger partial charge in [-0.2, -0.15) is 0 Å². The third-order valence-corrected chi connectivity index (χ3v) is 10.8. The maximum atomic E-state index is 12.3. The second kappa shape index (κ2) is 10.2. The fourth-order valence-corrected chi connectivity index (χ4v) is 8.72. The van der Waals surface area contributed by atoms with Crippen LogP contribution in [0.2, 0.25) is 0 Å². The average molecular weight is 524 g/mol. The van der Waals surface area contributed by atoms with E-state index in [1.807, 2.05) is 6.08 Å². The summed E-state index contributed by atoms with van der Waals surface area (Å²) in [6.07, 6.45) is 8.25. The number of Topliss-reactive ketones (excluding diaryl/α,β-unsaturated/α-hetero) is 1. The highest BCUT2D eigenvalue weighted by atomic mass is 35.5. The number of fused-ring (bicyclic) bond motifs is 7. The van der Waals surface area contributed by atoms with E-state index in [9.17, 15) is 14.7 Å². The minimum atomic E-state index is -1.20. The molecule has 0 amide bonds. The molecule has 5 aliphatic rings. The van der Waals surface area contributed by atoms with Crippen LogP contribution in [0.15, 0.2) is 22.8 Å². The van der Waals surface area contributed by atoms with E-state index in [2.05, 4.69) is 19.9 Å². The molecule has 36 heavy (non-hydrogen) atoms. The van der Waals surface area contributed by atoms with Crippen molar-refractivity contribution in [2.24, 2.45) is 40.4 Å². The molecule has 8 atom stereocenters. The molecule has 4 N–H and O–H groups in total. The van der Waals surface area contributed by atoms with Gasteiger partial charge in [-0.15, -0.1) is 0 Å². The van der Waals surface area contributed by atoms with E-state index in [1.54, 1.807) is 4.90 Å². The number of rotatable bonds is 7. The van der Waals surface area contributed by atoms with Crippen LogP contribution in [-0.2, 0) is 9.59 Å². The second-order valence-corrected chi connectivity index (χ2v) is 12.3. The van der Waals surface area contributed by atoms with Gasteiger partial charge >= 0.3 is 0 Å². The number of carbonyl (C=O) groups excluding carboxylic acids is 2. The van der Waals surface area contributed by atoms with Gasteiger partial charge in [0.2, 0.25) is 0 Å². The molecule has 5 aliphatic carbocycles. The van der Waals surface area contributed by atoms with E-state index in [-0.39, 0.29) is 60.0 Å². The van der Waals surface area contributed by atoms with Gasteiger partial charge in [-0.3, -0.25) is 14.5 Å². The van der Waals surface area contributed by atoms with Crippen molar-refractivity contribution in [1.29, 1.82) is 0 Å². The first kappa shape index (κ1) is 27.9. The summed E-state index contributed by atoms with van der Waals surface area (Å²) in [6, 6.07) is 0. The van der Waals surface area contributed by atoms with Crippen LogP contribution in [0.1, 0.15) is 52.9 Å². The SMILES string of the molecule is CC(=O)[C@@]1(O)CC[C@H]2[C@@H]3C=C(Cl)C4=CC(=O)[C@@H]5C[C@@H]5[C@]4(C)[C@H]3CC[C@@]21C.OCCN(CCO)CCO. The fourth-order valence-electron chi connectivity index (χ4n) is 8.32. The third kappa shape index (κ3) is 4.24. The molecule has 0 heterocycles. The standard InChI is InChI=1S/C22H27ClO3.C6H15NO3/c1-11(24)22(26)7-5-14-12-9-18(23)17-10-19(25)13-8-16(13)21(17,3)15(12)4-6-20(14,22)2;8-4-1-7(2-5-9)3-6-10/h9-10,12-16,26H,4-8H2,1-3H3;8-10H,1-6H2/t12-,13+,14-,15-,16-,20-,21-,22-;/m0./s1. The Morgan fingerprint density at radius 2 is 1.61 bits per heavy atom. The Morgan fingerprint density at radius 3 is 2.17 bits per heavy atom. The average Bonchev–Trinajstić information content (AvgIpc) is 3.59. The molecule has 5 rings (SSSR count). The normalized spacial score (nSPS) is 42.2. The van der Waals surface area contributed by atoms with Gasteiger partial charge in [0.15, 0.2) is 11.6 Å². The second-order valence-electron chi connectivity index (χ2n) is 11.9. The summed E-state index contributed by atoms with van der Waals surface area (Å²) in [4.78, 5) is 26.4. The highest BCUT2D eigenvalue weighted by molar-refractivity contribution is 6.32. The number of hydrogen-bond acceptors (Lipinski definition) is 7. The lowest BCUT2D eigenvalue weighted by atomic mass is 9.47. The number of ketones is 2. The summed E-state index contributed by atoms with van der Waals surface area (Å²) < 4.78 is 0. The Bertz CT molecular complexity index is 936. The lowest BCUT2D eigenvalue weighted by Crippen LogP contribution is -2.56. The third-order valence-electron chi connectivity index (χ3n) is 10.5. The van der Waals surface area contributed by atoms with Gasteiger partial charge in [0.1, 0.15) is 5.60 Å². The summed E-state index contributed by atoms with van der Waals surface area (Å²) in [5.74, 6) is 1.78. The van der Waals surface area contributed by atoms with Crippen LogP contribution in [-0.4, -0.2) is 81.9 Å². The van der Waals surface area contributed by atoms with Crippen LogP contribution >= 0.6 is 11.6 Å². The maximum absolute atomic E-state index is 12.3. The zero-order valence-electron chi connectivity index (χ0n) is 21.8. The van der Waals surface area contributed by atoms with Gasteiger partial charge in [0, 0.05) is 41.4 Å². The molecule has 3 saturated carbocycles. The lowest BCUT2D eigenvalue weighted by molar-refractivity contribution is -0.157. The predicted molar refractivity (Wildman–Crippen MR) is 137 cm³/mol. The summed E-state index contributed by atoms with van der Waals surface area (Å²) in [5.41, 5.74) is -0.566. The van der Waals surface area contributed by atoms with Crippen molar-refractivity contribution in [2.75, 3.05) is 39.5 Å². The molecular formula is C28H42ClNO6. The molecule has 8 heteroatoms. The molecule has 0 aliphatic heterocycles. The number of halogens is 1. The number of allylic oxidation sites excluding steroid dienone is 4. The zero-order valence-corrected chi connectivity index (χ0v) is 22.5. The number of aliphatic hydroxyl groups is 4. The van der Waals surface area contributed by atoms with Crippen LogP contribution in [0, 0.1) is 40.4 Å². The lowest BCUT2D eigenvalue weighted by Gasteiger charge is -2.57. The number of carbonyl (C=O) groups is 2. The first-order valence-electron chi connectivity index (χ1n) is 13.4. The van der Waals surface area contributed by atoms with Gasteiger partial charge in [-0.1, -0.05) is 31.5 Å². The smallest absolute Gasteiger partial charge is 0.161 e. The molecule has 0 unspecified atom stereocenters. The molecule has 7 nitrogen and oxygen atoms in total. The fraction of sp³-hybridized carbons (Fsp3) is 0.786. The van der Waals surface area contributed by atoms with E-state index in [0.717, 1.165) is 36.3 Å². The highest BCUT2D eigenvalue weighted by Gasteiger charge is 2.69. The quantitative estimate of drug-likeness (QED) is 0.404. The molecule has 3 fully saturated rings. The summed E-state index contributed by atoms with van der Waals surface area (Å²) in [7, 11) is 0. The molecule has 0 aromatic carbocycles. The van der Waals surface area contributed by atoms with Gasteiger partial charge < -0.3 is 20.4 Å². The molecule has 0 radical (unpaired) electrons. The number of hydrogen-bond donors (Lipinski definition) is 4. The maximum Gasteiger partial charge on any atom is 0.161 e. The Morgan fingerprint density at radius 1 is 1.03 bits per heavy atom. The van der Waals surface area contributed by atoms with Crippen LogP contribution in [0.5, 0.6) is 0 Å². The summed E-state index contributed by atoms with van der Waals surface area (Å²) in [5, 5.41) is 37.4. The van der Waals surface area contributed by atoms with Gasteiger partial charge in [0.05, 0.1) is 19.8 Å². The van der Waals surface area contributed by atoms with Crippen LogP contribution in [0.4, 0.5) is 0 Å². The molecule has 0 saturated heterocycles. The molecule has 0 aromatic rings. The van der Waals surface area contributed by atoms with Crippen LogP contribution < -0.4 is 0 Å².